The zero-order chi connectivity index (χ0) is 14.7. The van der Waals surface area contributed by atoms with Crippen LogP contribution in [0.25, 0.3) is 0 Å². The van der Waals surface area contributed by atoms with Gasteiger partial charge in [0.15, 0.2) is 0 Å². The van der Waals surface area contributed by atoms with Gasteiger partial charge >= 0.3 is 0 Å². The molecule has 0 unspecified atom stereocenters. The zero-order valence-corrected chi connectivity index (χ0v) is 12.0. The van der Waals surface area contributed by atoms with Crippen LogP contribution >= 0.6 is 0 Å². The third-order valence-electron chi connectivity index (χ3n) is 3.53. The van der Waals surface area contributed by atoms with Gasteiger partial charge in [-0.25, -0.2) is 9.97 Å². The number of nitrogens with one attached hydrogen (secondary N) is 2. The largest absolute Gasteiger partial charge is 0.366 e. The number of aryl methyl sites for hydroxylation is 1. The van der Waals surface area contributed by atoms with E-state index in [0.717, 1.165) is 12.8 Å². The molecule has 2 N–H and O–H groups in total. The van der Waals surface area contributed by atoms with Crippen LogP contribution in [0.2, 0.25) is 0 Å². The lowest BCUT2D eigenvalue weighted by atomic mass is 10.1. The molecule has 1 aliphatic carbocycles. The van der Waals surface area contributed by atoms with E-state index in [1.165, 1.54) is 17.5 Å². The number of hydrogen-bond donors (Lipinski definition) is 2. The first-order chi connectivity index (χ1) is 10.2. The van der Waals surface area contributed by atoms with E-state index in [1.807, 2.05) is 12.1 Å². The van der Waals surface area contributed by atoms with E-state index in [-0.39, 0.29) is 5.91 Å². The van der Waals surface area contributed by atoms with Crippen LogP contribution in [0, 0.1) is 6.92 Å². The fraction of sp³-hybridized carbons (Fsp3) is 0.312. The second-order valence-electron chi connectivity index (χ2n) is 5.32. The van der Waals surface area contributed by atoms with Crippen LogP contribution in [0.1, 0.15) is 34.5 Å². The molecule has 3 rings (SSSR count). The lowest BCUT2D eigenvalue weighted by Crippen LogP contribution is -2.26. The van der Waals surface area contributed by atoms with Crippen molar-refractivity contribution >= 4 is 11.7 Å². The minimum atomic E-state index is -0.126. The van der Waals surface area contributed by atoms with Gasteiger partial charge in [0, 0.05) is 18.7 Å². The van der Waals surface area contributed by atoms with Crippen LogP contribution in [0.4, 0.5) is 5.82 Å². The number of anilines is 1. The summed E-state index contributed by atoms with van der Waals surface area (Å²) in [5.41, 5.74) is 2.84. The number of rotatable bonds is 5. The minimum Gasteiger partial charge on any atom is -0.366 e. The molecule has 1 aliphatic rings. The Hall–Kier alpha value is -2.43. The highest BCUT2D eigenvalue weighted by molar-refractivity contribution is 5.93. The van der Waals surface area contributed by atoms with Gasteiger partial charge < -0.3 is 10.6 Å². The maximum atomic E-state index is 11.9. The molecule has 21 heavy (non-hydrogen) atoms. The van der Waals surface area contributed by atoms with Crippen molar-refractivity contribution < 1.29 is 4.79 Å². The molecular formula is C16H18N4O. The Bertz CT molecular complexity index is 652. The van der Waals surface area contributed by atoms with E-state index >= 15 is 0 Å². The lowest BCUT2D eigenvalue weighted by molar-refractivity contribution is 0.0946. The standard InChI is InChI=1S/C16H18N4O/c1-11-4-2-3-5-12(11)9-17-15-8-14(18-10-19-15)16(21)20-13-6-7-13/h2-5,8,10,13H,6-7,9H2,1H3,(H,20,21)(H,17,18,19). The highest BCUT2D eigenvalue weighted by atomic mass is 16.2. The third-order valence-corrected chi connectivity index (χ3v) is 3.53. The topological polar surface area (TPSA) is 66.9 Å². The molecule has 108 valence electrons. The van der Waals surface area contributed by atoms with E-state index in [0.29, 0.717) is 24.1 Å². The van der Waals surface area contributed by atoms with Gasteiger partial charge in [0.05, 0.1) is 0 Å². The van der Waals surface area contributed by atoms with Gasteiger partial charge in [0.25, 0.3) is 5.91 Å². The Morgan fingerprint density at radius 3 is 2.86 bits per heavy atom. The molecule has 0 spiro atoms. The summed E-state index contributed by atoms with van der Waals surface area (Å²) >= 11 is 0. The smallest absolute Gasteiger partial charge is 0.270 e. The van der Waals surface area contributed by atoms with Crippen molar-refractivity contribution in [2.24, 2.45) is 0 Å². The van der Waals surface area contributed by atoms with Gasteiger partial charge in [-0.3, -0.25) is 4.79 Å². The highest BCUT2D eigenvalue weighted by Crippen LogP contribution is 2.19. The molecule has 1 aromatic heterocycles. The fourth-order valence-corrected chi connectivity index (χ4v) is 2.06. The van der Waals surface area contributed by atoms with Gasteiger partial charge in [-0.15, -0.1) is 0 Å². The molecule has 1 fully saturated rings. The van der Waals surface area contributed by atoms with Crippen molar-refractivity contribution in [3.63, 3.8) is 0 Å². The first-order valence-electron chi connectivity index (χ1n) is 7.13. The molecule has 1 aromatic carbocycles. The molecule has 1 amide bonds. The summed E-state index contributed by atoms with van der Waals surface area (Å²) in [5.74, 6) is 0.535. The molecule has 2 aromatic rings. The van der Waals surface area contributed by atoms with Crippen LogP contribution in [0.3, 0.4) is 0 Å². The molecule has 5 heteroatoms. The van der Waals surface area contributed by atoms with Crippen LogP contribution in [0.5, 0.6) is 0 Å². The average Bonchev–Trinajstić information content (AvgIpc) is 3.31. The van der Waals surface area contributed by atoms with Gasteiger partial charge in [-0.05, 0) is 30.9 Å². The first-order valence-corrected chi connectivity index (χ1v) is 7.13. The number of hydrogen-bond acceptors (Lipinski definition) is 4. The average molecular weight is 282 g/mol. The van der Waals surface area contributed by atoms with Crippen LogP contribution in [0.15, 0.2) is 36.7 Å². The van der Waals surface area contributed by atoms with Crippen LogP contribution < -0.4 is 10.6 Å². The monoisotopic (exact) mass is 282 g/mol. The van der Waals surface area contributed by atoms with E-state index in [4.69, 9.17) is 0 Å². The second kappa shape index (κ2) is 5.91. The van der Waals surface area contributed by atoms with Gasteiger partial charge in [0.2, 0.25) is 0 Å². The number of aromatic nitrogens is 2. The molecule has 1 heterocycles. The molecule has 0 atom stereocenters. The summed E-state index contributed by atoms with van der Waals surface area (Å²) in [6.07, 6.45) is 3.55. The Kier molecular flexibility index (Phi) is 3.81. The van der Waals surface area contributed by atoms with Crippen LogP contribution in [-0.4, -0.2) is 21.9 Å². The van der Waals surface area contributed by atoms with Crippen molar-refractivity contribution in [3.8, 4) is 0 Å². The van der Waals surface area contributed by atoms with Crippen LogP contribution in [-0.2, 0) is 6.54 Å². The summed E-state index contributed by atoms with van der Waals surface area (Å²) < 4.78 is 0. The number of benzene rings is 1. The van der Waals surface area contributed by atoms with Gasteiger partial charge in [-0.2, -0.15) is 0 Å². The second-order valence-corrected chi connectivity index (χ2v) is 5.32. The summed E-state index contributed by atoms with van der Waals surface area (Å²) in [6.45, 7) is 2.75. The predicted molar refractivity (Wildman–Crippen MR) is 81.0 cm³/mol. The maximum absolute atomic E-state index is 11.9. The summed E-state index contributed by atoms with van der Waals surface area (Å²) in [7, 11) is 0. The maximum Gasteiger partial charge on any atom is 0.270 e. The predicted octanol–water partition coefficient (Wildman–Crippen LogP) is 2.29. The van der Waals surface area contributed by atoms with Crippen molar-refractivity contribution in [1.82, 2.24) is 15.3 Å². The SMILES string of the molecule is Cc1ccccc1CNc1cc(C(=O)NC2CC2)ncn1. The first kappa shape index (κ1) is 13.5. The fourth-order valence-electron chi connectivity index (χ4n) is 2.06. The molecule has 0 bridgehead atoms. The zero-order valence-electron chi connectivity index (χ0n) is 12.0. The Labute approximate surface area is 123 Å². The Balaban J connectivity index is 1.65. The normalized spacial score (nSPS) is 13.8. The molecule has 5 nitrogen and oxygen atoms in total. The Morgan fingerprint density at radius 2 is 2.10 bits per heavy atom. The summed E-state index contributed by atoms with van der Waals surface area (Å²) in [5, 5.41) is 6.16. The van der Waals surface area contributed by atoms with E-state index in [2.05, 4.69) is 39.7 Å². The quantitative estimate of drug-likeness (QED) is 0.883. The molecule has 0 saturated heterocycles. The minimum absolute atomic E-state index is 0.126. The molecule has 1 saturated carbocycles. The van der Waals surface area contributed by atoms with E-state index in [1.54, 1.807) is 6.07 Å². The van der Waals surface area contributed by atoms with Crippen molar-refractivity contribution in [1.29, 1.82) is 0 Å². The molecule has 0 aliphatic heterocycles. The van der Waals surface area contributed by atoms with Gasteiger partial charge in [0.1, 0.15) is 17.8 Å². The number of nitrogens with zero attached hydrogens (tertiary/aromatic N) is 2. The Morgan fingerprint density at radius 1 is 1.29 bits per heavy atom. The van der Waals surface area contributed by atoms with Crippen molar-refractivity contribution in [2.75, 3.05) is 5.32 Å². The van der Waals surface area contributed by atoms with Gasteiger partial charge in [-0.1, -0.05) is 24.3 Å². The van der Waals surface area contributed by atoms with Crippen molar-refractivity contribution in [2.45, 2.75) is 32.4 Å². The van der Waals surface area contributed by atoms with E-state index in [9.17, 15) is 4.79 Å². The summed E-state index contributed by atoms with van der Waals surface area (Å²) in [6, 6.07) is 10.2. The highest BCUT2D eigenvalue weighted by Gasteiger charge is 2.24. The molecular weight excluding hydrogens is 264 g/mol. The third kappa shape index (κ3) is 3.56. The summed E-state index contributed by atoms with van der Waals surface area (Å²) in [4.78, 5) is 20.1. The number of carbonyl (C=O) groups is 1. The van der Waals surface area contributed by atoms with E-state index < -0.39 is 0 Å². The lowest BCUT2D eigenvalue weighted by Gasteiger charge is -2.09. The number of carbonyl (C=O) groups excluding carboxylic acids is 1. The van der Waals surface area contributed by atoms with Crippen molar-refractivity contribution in [3.05, 3.63) is 53.5 Å². The number of amides is 1. The molecule has 0 radical (unpaired) electrons.